The molecule has 7 rings (SSSR count). The van der Waals surface area contributed by atoms with Gasteiger partial charge >= 0.3 is 0 Å². The van der Waals surface area contributed by atoms with Crippen molar-refractivity contribution < 1.29 is 13.5 Å². The van der Waals surface area contributed by atoms with E-state index in [1.54, 1.807) is 6.20 Å². The first kappa shape index (κ1) is 16.7. The third kappa shape index (κ3) is 2.22. The van der Waals surface area contributed by atoms with Crippen LogP contribution in [0.25, 0.3) is 54.3 Å². The van der Waals surface area contributed by atoms with Gasteiger partial charge in [-0.25, -0.2) is 8.78 Å². The fraction of sp³-hybridized carbons (Fsp3) is 0. The van der Waals surface area contributed by atoms with E-state index in [4.69, 9.17) is 9.72 Å². The van der Waals surface area contributed by atoms with Gasteiger partial charge in [0, 0.05) is 11.8 Å². The Bertz CT molecular complexity index is 1740. The summed E-state index contributed by atoms with van der Waals surface area (Å²) in [5.74, 6) is -0.298. The highest BCUT2D eigenvalue weighted by molar-refractivity contribution is 6.21. The van der Waals surface area contributed by atoms with Crippen LogP contribution in [0.2, 0.25) is 0 Å². The lowest BCUT2D eigenvalue weighted by Crippen LogP contribution is -2.00. The van der Waals surface area contributed by atoms with E-state index >= 15 is 0 Å². The molecule has 0 unspecified atom stereocenters. The topological polar surface area (TPSA) is 22.1 Å². The smallest absolute Gasteiger partial charge is 0.159 e. The zero-order valence-electron chi connectivity index (χ0n) is 16.1. The maximum Gasteiger partial charge on any atom is 0.159 e. The third-order valence-corrected chi connectivity index (χ3v) is 6.19. The molecule has 0 spiro atoms. The van der Waals surface area contributed by atoms with Gasteiger partial charge < -0.3 is 4.74 Å². The summed E-state index contributed by atoms with van der Waals surface area (Å²) in [5, 5.41) is 7.18. The molecule has 1 aromatic heterocycles. The highest BCUT2D eigenvalue weighted by atomic mass is 19.2. The molecule has 0 atom stereocenters. The highest BCUT2D eigenvalue weighted by Crippen LogP contribution is 2.49. The fourth-order valence-corrected chi connectivity index (χ4v) is 4.76. The lowest BCUT2D eigenvalue weighted by Gasteiger charge is -2.22. The van der Waals surface area contributed by atoms with Crippen molar-refractivity contribution in [3.8, 4) is 22.8 Å². The van der Waals surface area contributed by atoms with E-state index in [1.807, 2.05) is 48.5 Å². The molecule has 146 valence electrons. The monoisotopic (exact) mass is 405 g/mol. The quantitative estimate of drug-likeness (QED) is 0.241. The predicted molar refractivity (Wildman–Crippen MR) is 120 cm³/mol. The minimum atomic E-state index is -0.859. The summed E-state index contributed by atoms with van der Waals surface area (Å²) in [6.07, 6.45) is 1.79. The summed E-state index contributed by atoms with van der Waals surface area (Å²) in [6, 6.07) is 22.4. The SMILES string of the molecule is Fc1cc2ccc3c4ccnc5c4c(cc3c2cc1F)Oc1cc2ccccc2cc1-5. The molecule has 0 amide bonds. The highest BCUT2D eigenvalue weighted by Gasteiger charge is 2.24. The Labute approximate surface area is 175 Å². The van der Waals surface area contributed by atoms with Gasteiger partial charge in [-0.2, -0.15) is 0 Å². The molecule has 1 aliphatic heterocycles. The third-order valence-electron chi connectivity index (χ3n) is 6.19. The average molecular weight is 405 g/mol. The van der Waals surface area contributed by atoms with Crippen molar-refractivity contribution in [2.24, 2.45) is 0 Å². The zero-order valence-corrected chi connectivity index (χ0v) is 16.1. The number of ether oxygens (including phenoxy) is 1. The predicted octanol–water partition coefficient (Wildman–Crippen LogP) is 7.75. The van der Waals surface area contributed by atoms with Crippen LogP contribution in [0.4, 0.5) is 8.78 Å². The number of aromatic nitrogens is 1. The molecule has 5 aromatic carbocycles. The van der Waals surface area contributed by atoms with Crippen LogP contribution in [0.15, 0.2) is 79.0 Å². The van der Waals surface area contributed by atoms with E-state index < -0.39 is 11.6 Å². The molecule has 0 radical (unpaired) electrons. The van der Waals surface area contributed by atoms with E-state index in [0.29, 0.717) is 16.5 Å². The van der Waals surface area contributed by atoms with Crippen molar-refractivity contribution in [3.05, 3.63) is 90.6 Å². The number of hydrogen-bond acceptors (Lipinski definition) is 2. The Morgan fingerprint density at radius 1 is 0.613 bits per heavy atom. The summed E-state index contributed by atoms with van der Waals surface area (Å²) in [4.78, 5) is 4.69. The van der Waals surface area contributed by atoms with Gasteiger partial charge in [-0.15, -0.1) is 0 Å². The van der Waals surface area contributed by atoms with Crippen molar-refractivity contribution >= 4 is 43.1 Å². The minimum Gasteiger partial charge on any atom is -0.456 e. The Balaban J connectivity index is 1.63. The van der Waals surface area contributed by atoms with Crippen LogP contribution >= 0.6 is 0 Å². The number of hydrogen-bond donors (Lipinski definition) is 0. The van der Waals surface area contributed by atoms with Gasteiger partial charge in [-0.3, -0.25) is 4.98 Å². The molecule has 0 fully saturated rings. The second-order valence-electron chi connectivity index (χ2n) is 7.90. The van der Waals surface area contributed by atoms with Crippen LogP contribution in [-0.2, 0) is 0 Å². The van der Waals surface area contributed by atoms with Gasteiger partial charge in [-0.05, 0) is 74.1 Å². The Morgan fingerprint density at radius 2 is 1.42 bits per heavy atom. The molecule has 1 aliphatic rings. The first-order valence-electron chi connectivity index (χ1n) is 10.0. The summed E-state index contributed by atoms with van der Waals surface area (Å²) in [6.45, 7) is 0. The number of pyridine rings is 1. The van der Waals surface area contributed by atoms with E-state index in [-0.39, 0.29) is 0 Å². The van der Waals surface area contributed by atoms with E-state index in [1.165, 1.54) is 12.1 Å². The molecule has 6 aromatic rings. The second kappa shape index (κ2) is 5.76. The van der Waals surface area contributed by atoms with Gasteiger partial charge in [0.1, 0.15) is 11.5 Å². The molecule has 31 heavy (non-hydrogen) atoms. The van der Waals surface area contributed by atoms with Gasteiger partial charge in [-0.1, -0.05) is 36.4 Å². The number of fused-ring (bicyclic) bond motifs is 7. The van der Waals surface area contributed by atoms with Gasteiger partial charge in [0.25, 0.3) is 0 Å². The van der Waals surface area contributed by atoms with Crippen LogP contribution in [0, 0.1) is 11.6 Å². The summed E-state index contributed by atoms with van der Waals surface area (Å²) in [7, 11) is 0. The first-order chi connectivity index (χ1) is 15.2. The van der Waals surface area contributed by atoms with E-state index in [2.05, 4.69) is 12.1 Å². The zero-order chi connectivity index (χ0) is 20.7. The van der Waals surface area contributed by atoms with Crippen LogP contribution in [0.1, 0.15) is 0 Å². The molecule has 0 saturated carbocycles. The van der Waals surface area contributed by atoms with Gasteiger partial charge in [0.15, 0.2) is 11.6 Å². The minimum absolute atomic E-state index is 0.648. The summed E-state index contributed by atoms with van der Waals surface area (Å²) < 4.78 is 34.2. The summed E-state index contributed by atoms with van der Waals surface area (Å²) in [5.41, 5.74) is 1.82. The van der Waals surface area contributed by atoms with E-state index in [0.717, 1.165) is 49.3 Å². The van der Waals surface area contributed by atoms with Crippen molar-refractivity contribution in [1.82, 2.24) is 4.98 Å². The van der Waals surface area contributed by atoms with Crippen molar-refractivity contribution in [1.29, 1.82) is 0 Å². The molecular formula is C27H13F2NO. The lowest BCUT2D eigenvalue weighted by atomic mass is 9.92. The van der Waals surface area contributed by atoms with Crippen molar-refractivity contribution in [2.45, 2.75) is 0 Å². The molecule has 0 aliphatic carbocycles. The maximum absolute atomic E-state index is 14.1. The Morgan fingerprint density at radius 3 is 2.29 bits per heavy atom. The van der Waals surface area contributed by atoms with Crippen LogP contribution in [0.5, 0.6) is 11.5 Å². The molecular weight excluding hydrogens is 392 g/mol. The number of nitrogens with zero attached hydrogens (tertiary/aromatic N) is 1. The summed E-state index contributed by atoms with van der Waals surface area (Å²) >= 11 is 0. The van der Waals surface area contributed by atoms with Crippen molar-refractivity contribution in [2.75, 3.05) is 0 Å². The molecule has 0 N–H and O–H groups in total. The van der Waals surface area contributed by atoms with Gasteiger partial charge in [0.05, 0.1) is 11.1 Å². The average Bonchev–Trinajstić information content (AvgIpc) is 2.79. The standard InChI is InChI=1S/C27H13F2NO/c28-22-10-16-5-6-17-18-7-8-30-27-21-9-14-3-1-2-4-15(14)11-24(21)31-25(26(18)27)13-20(17)19(16)12-23(22)29/h1-13H. The van der Waals surface area contributed by atoms with Crippen LogP contribution < -0.4 is 4.74 Å². The normalized spacial score (nSPS) is 12.5. The molecule has 4 heteroatoms. The number of benzene rings is 5. The number of rotatable bonds is 0. The Hall–Kier alpha value is -4.05. The fourth-order valence-electron chi connectivity index (χ4n) is 4.76. The maximum atomic E-state index is 14.1. The van der Waals surface area contributed by atoms with Crippen LogP contribution in [0.3, 0.4) is 0 Å². The molecule has 2 nitrogen and oxygen atoms in total. The number of halogens is 2. The van der Waals surface area contributed by atoms with Crippen LogP contribution in [-0.4, -0.2) is 4.98 Å². The first-order valence-corrected chi connectivity index (χ1v) is 10.0. The molecule has 2 heterocycles. The molecule has 0 bridgehead atoms. The lowest BCUT2D eigenvalue weighted by molar-refractivity contribution is 0.488. The van der Waals surface area contributed by atoms with Gasteiger partial charge in [0.2, 0.25) is 0 Å². The second-order valence-corrected chi connectivity index (χ2v) is 7.90. The molecule has 0 saturated heterocycles. The Kier molecular flexibility index (Phi) is 3.11. The largest absolute Gasteiger partial charge is 0.456 e. The van der Waals surface area contributed by atoms with E-state index in [9.17, 15) is 8.78 Å². The van der Waals surface area contributed by atoms with Crippen molar-refractivity contribution in [3.63, 3.8) is 0 Å².